The molecule has 3 rings (SSSR count). The molecule has 0 spiro atoms. The molecule has 1 aromatic heterocycles. The van der Waals surface area contributed by atoms with E-state index in [4.69, 9.17) is 0 Å². The second-order valence-electron chi connectivity index (χ2n) is 7.00. The second-order valence-corrected chi connectivity index (χ2v) is 9.99. The van der Waals surface area contributed by atoms with Crippen molar-refractivity contribution in [1.29, 1.82) is 0 Å². The van der Waals surface area contributed by atoms with Crippen LogP contribution < -0.4 is 10.6 Å². The van der Waals surface area contributed by atoms with Crippen LogP contribution >= 0.6 is 11.3 Å². The first-order valence-electron chi connectivity index (χ1n) is 8.80. The Bertz CT molecular complexity index is 967. The predicted octanol–water partition coefficient (Wildman–Crippen LogP) is 3.04. The van der Waals surface area contributed by atoms with Gasteiger partial charge < -0.3 is 5.32 Å². The summed E-state index contributed by atoms with van der Waals surface area (Å²) in [5, 5.41) is 5.96. The zero-order valence-electron chi connectivity index (χ0n) is 15.9. The number of benzene rings is 1. The average molecular weight is 409 g/mol. The smallest absolute Gasteiger partial charge is 0.321 e. The van der Waals surface area contributed by atoms with Crippen LogP contribution in [0.25, 0.3) is 0 Å². The topological polar surface area (TPSA) is 91.4 Å². The van der Waals surface area contributed by atoms with Gasteiger partial charge in [-0.05, 0) is 39.3 Å². The second kappa shape index (κ2) is 7.57. The summed E-state index contributed by atoms with van der Waals surface area (Å²) < 4.78 is 27.6. The molecule has 1 aliphatic rings. The maximum Gasteiger partial charge on any atom is 0.321 e. The van der Waals surface area contributed by atoms with Gasteiger partial charge in [-0.1, -0.05) is 29.0 Å². The number of urea groups is 1. The quantitative estimate of drug-likeness (QED) is 0.813. The molecule has 146 valence electrons. The third kappa shape index (κ3) is 4.31. The van der Waals surface area contributed by atoms with Crippen molar-refractivity contribution < 1.29 is 13.2 Å². The molecule has 0 saturated heterocycles. The molecule has 1 aliphatic heterocycles. The highest BCUT2D eigenvalue weighted by Crippen LogP contribution is 2.31. The number of fused-ring (bicyclic) bond motifs is 1. The van der Waals surface area contributed by atoms with E-state index in [9.17, 15) is 13.2 Å². The van der Waals surface area contributed by atoms with Crippen LogP contribution in [0.15, 0.2) is 23.1 Å². The maximum atomic E-state index is 13.1. The molecule has 2 heterocycles. The number of thiazole rings is 1. The number of hydrogen-bond acceptors (Lipinski definition) is 5. The van der Waals surface area contributed by atoms with Gasteiger partial charge in [0.15, 0.2) is 5.13 Å². The average Bonchev–Trinajstić information content (AvgIpc) is 2.94. The molecular formula is C18H24N4O3S2. The van der Waals surface area contributed by atoms with Gasteiger partial charge in [0, 0.05) is 23.9 Å². The summed E-state index contributed by atoms with van der Waals surface area (Å²) in [5.74, 6) is 0. The molecule has 0 bridgehead atoms. The van der Waals surface area contributed by atoms with E-state index in [0.717, 1.165) is 21.7 Å². The molecule has 2 aromatic rings. The number of rotatable bonds is 4. The fourth-order valence-electron chi connectivity index (χ4n) is 3.05. The molecule has 7 nitrogen and oxygen atoms in total. The van der Waals surface area contributed by atoms with E-state index < -0.39 is 10.0 Å². The number of anilines is 1. The fourth-order valence-corrected chi connectivity index (χ4v) is 5.77. The van der Waals surface area contributed by atoms with Gasteiger partial charge >= 0.3 is 6.03 Å². The van der Waals surface area contributed by atoms with Gasteiger partial charge in [0.25, 0.3) is 0 Å². The molecule has 0 aliphatic carbocycles. The first-order valence-corrected chi connectivity index (χ1v) is 11.1. The molecule has 27 heavy (non-hydrogen) atoms. The first-order chi connectivity index (χ1) is 12.7. The zero-order chi connectivity index (χ0) is 19.8. The third-order valence-electron chi connectivity index (χ3n) is 4.28. The van der Waals surface area contributed by atoms with Gasteiger partial charge in [-0.15, -0.1) is 0 Å². The minimum Gasteiger partial charge on any atom is -0.336 e. The van der Waals surface area contributed by atoms with Crippen molar-refractivity contribution >= 4 is 32.5 Å². The summed E-state index contributed by atoms with van der Waals surface area (Å²) in [4.78, 5) is 17.5. The van der Waals surface area contributed by atoms with E-state index >= 15 is 0 Å². The number of hydrogen-bond donors (Lipinski definition) is 2. The van der Waals surface area contributed by atoms with E-state index in [0.29, 0.717) is 23.0 Å². The predicted molar refractivity (Wildman–Crippen MR) is 107 cm³/mol. The van der Waals surface area contributed by atoms with Crippen molar-refractivity contribution in [3.8, 4) is 0 Å². The van der Waals surface area contributed by atoms with Crippen molar-refractivity contribution in [3.63, 3.8) is 0 Å². The number of nitrogens with zero attached hydrogens (tertiary/aromatic N) is 2. The lowest BCUT2D eigenvalue weighted by Crippen LogP contribution is -2.35. The third-order valence-corrected chi connectivity index (χ3v) is 7.29. The Balaban J connectivity index is 1.79. The van der Waals surface area contributed by atoms with E-state index in [1.165, 1.54) is 15.6 Å². The van der Waals surface area contributed by atoms with Crippen LogP contribution in [-0.4, -0.2) is 36.3 Å². The van der Waals surface area contributed by atoms with Crippen molar-refractivity contribution in [2.45, 2.75) is 51.6 Å². The molecule has 0 unspecified atom stereocenters. The Kier molecular flexibility index (Phi) is 5.55. The highest BCUT2D eigenvalue weighted by atomic mass is 32.2. The van der Waals surface area contributed by atoms with E-state index in [1.807, 2.05) is 39.8 Å². The van der Waals surface area contributed by atoms with Gasteiger partial charge in [-0.2, -0.15) is 4.31 Å². The van der Waals surface area contributed by atoms with Crippen molar-refractivity contribution in [2.24, 2.45) is 0 Å². The lowest BCUT2D eigenvalue weighted by atomic mass is 10.2. The molecule has 0 fully saturated rings. The molecular weight excluding hydrogens is 384 g/mol. The maximum absolute atomic E-state index is 13.1. The van der Waals surface area contributed by atoms with Gasteiger partial charge in [-0.3, -0.25) is 5.32 Å². The highest BCUT2D eigenvalue weighted by Gasteiger charge is 2.31. The van der Waals surface area contributed by atoms with Gasteiger partial charge in [0.2, 0.25) is 10.0 Å². The minimum absolute atomic E-state index is 0.0259. The monoisotopic (exact) mass is 408 g/mol. The molecule has 2 amide bonds. The minimum atomic E-state index is -3.57. The van der Waals surface area contributed by atoms with Crippen LogP contribution in [0.4, 0.5) is 9.93 Å². The van der Waals surface area contributed by atoms with Crippen LogP contribution in [0.5, 0.6) is 0 Å². The Morgan fingerprint density at radius 2 is 2.04 bits per heavy atom. The van der Waals surface area contributed by atoms with Crippen LogP contribution in [-0.2, 0) is 23.0 Å². The number of amides is 2. The van der Waals surface area contributed by atoms with Crippen LogP contribution in [0.1, 0.15) is 35.5 Å². The van der Waals surface area contributed by atoms with Gasteiger partial charge in [0.05, 0.1) is 17.1 Å². The number of sulfonamides is 1. The summed E-state index contributed by atoms with van der Waals surface area (Å²) in [6.07, 6.45) is 0.531. The van der Waals surface area contributed by atoms with Crippen LogP contribution in [0.3, 0.4) is 0 Å². The summed E-state index contributed by atoms with van der Waals surface area (Å²) in [6, 6.07) is 5.08. The van der Waals surface area contributed by atoms with Crippen LogP contribution in [0, 0.1) is 13.8 Å². The normalized spacial score (nSPS) is 14.9. The fraction of sp³-hybridized carbons (Fsp3) is 0.444. The first kappa shape index (κ1) is 19.8. The summed E-state index contributed by atoms with van der Waals surface area (Å²) in [6.45, 7) is 8.17. The van der Waals surface area contributed by atoms with Gasteiger partial charge in [0.1, 0.15) is 0 Å². The van der Waals surface area contributed by atoms with E-state index in [1.54, 1.807) is 6.07 Å². The Labute approximate surface area is 163 Å². The standard InChI is InChI=1S/C18H24N4O3S2/c1-11(2)19-17(23)21-18-20-14-7-8-22(10-15(14)26-18)27(24,25)16-6-5-12(3)9-13(16)4/h5-6,9,11H,7-8,10H2,1-4H3,(H2,19,20,21,23). The summed E-state index contributed by atoms with van der Waals surface area (Å²) in [5.41, 5.74) is 2.63. The Morgan fingerprint density at radius 3 is 2.70 bits per heavy atom. The van der Waals surface area contributed by atoms with Crippen molar-refractivity contribution in [3.05, 3.63) is 39.9 Å². The summed E-state index contributed by atoms with van der Waals surface area (Å²) in [7, 11) is -3.57. The summed E-state index contributed by atoms with van der Waals surface area (Å²) >= 11 is 1.32. The molecule has 2 N–H and O–H groups in total. The van der Waals surface area contributed by atoms with Gasteiger partial charge in [-0.25, -0.2) is 18.2 Å². The highest BCUT2D eigenvalue weighted by molar-refractivity contribution is 7.89. The van der Waals surface area contributed by atoms with Crippen molar-refractivity contribution in [2.75, 3.05) is 11.9 Å². The largest absolute Gasteiger partial charge is 0.336 e. The zero-order valence-corrected chi connectivity index (χ0v) is 17.5. The Morgan fingerprint density at radius 1 is 1.30 bits per heavy atom. The number of aryl methyl sites for hydroxylation is 2. The molecule has 0 atom stereocenters. The number of aromatic nitrogens is 1. The molecule has 9 heteroatoms. The SMILES string of the molecule is Cc1ccc(S(=O)(=O)N2CCc3nc(NC(=O)NC(C)C)sc3C2)c(C)c1. The number of carbonyl (C=O) groups excluding carboxylic acids is 1. The van der Waals surface area contributed by atoms with E-state index in [2.05, 4.69) is 15.6 Å². The lowest BCUT2D eigenvalue weighted by Gasteiger charge is -2.26. The number of carbonyl (C=O) groups is 1. The lowest BCUT2D eigenvalue weighted by molar-refractivity contribution is 0.250. The number of nitrogens with one attached hydrogen (secondary N) is 2. The molecule has 1 aromatic carbocycles. The van der Waals surface area contributed by atoms with Crippen LogP contribution in [0.2, 0.25) is 0 Å². The van der Waals surface area contributed by atoms with Crippen molar-refractivity contribution in [1.82, 2.24) is 14.6 Å². The molecule has 0 saturated carbocycles. The Hall–Kier alpha value is -1.97. The molecule has 0 radical (unpaired) electrons. The van der Waals surface area contributed by atoms with E-state index in [-0.39, 0.29) is 18.6 Å².